The Morgan fingerprint density at radius 2 is 2.07 bits per heavy atom. The first-order valence-corrected chi connectivity index (χ1v) is 9.60. The van der Waals surface area contributed by atoms with Gasteiger partial charge in [-0.25, -0.2) is 0 Å². The lowest BCUT2D eigenvalue weighted by atomic mass is 10.1. The summed E-state index contributed by atoms with van der Waals surface area (Å²) in [5.41, 5.74) is 1.57. The number of nitrogens with one attached hydrogen (secondary N) is 1. The van der Waals surface area contributed by atoms with E-state index >= 15 is 0 Å². The number of aromatic nitrogens is 3. The summed E-state index contributed by atoms with van der Waals surface area (Å²) in [6.45, 7) is 0.986. The molecule has 1 unspecified atom stereocenters. The Kier molecular flexibility index (Phi) is 4.55. The Morgan fingerprint density at radius 1 is 1.17 bits per heavy atom. The standard InChI is InChI=1S/C21H19N5O4/c27-20-9-14(11-26(20)16-4-5-17-18(10-16)30-13-29-17)21(28)23-19-6-8-25(24-19)12-15-3-1-2-7-22-15/h1-8,10,14H,9,11-13H2,(H,23,24,28). The molecular formula is C21H19N5O4. The molecule has 1 saturated heterocycles. The molecule has 2 aliphatic heterocycles. The summed E-state index contributed by atoms with van der Waals surface area (Å²) in [4.78, 5) is 31.1. The van der Waals surface area contributed by atoms with Gasteiger partial charge in [0.2, 0.25) is 18.6 Å². The second-order valence-electron chi connectivity index (χ2n) is 7.15. The maximum atomic E-state index is 12.7. The molecule has 0 saturated carbocycles. The van der Waals surface area contributed by atoms with Crippen LogP contribution in [0.15, 0.2) is 54.9 Å². The van der Waals surface area contributed by atoms with Crippen molar-refractivity contribution in [2.45, 2.75) is 13.0 Å². The fourth-order valence-electron chi connectivity index (χ4n) is 3.59. The highest BCUT2D eigenvalue weighted by atomic mass is 16.7. The van der Waals surface area contributed by atoms with E-state index in [1.54, 1.807) is 46.2 Å². The van der Waals surface area contributed by atoms with Gasteiger partial charge in [0.15, 0.2) is 17.3 Å². The molecule has 1 aromatic carbocycles. The van der Waals surface area contributed by atoms with Gasteiger partial charge < -0.3 is 19.7 Å². The van der Waals surface area contributed by atoms with Gasteiger partial charge in [-0.1, -0.05) is 6.07 Å². The fourth-order valence-corrected chi connectivity index (χ4v) is 3.59. The highest BCUT2D eigenvalue weighted by molar-refractivity contribution is 6.03. The topological polar surface area (TPSA) is 98.6 Å². The first-order valence-electron chi connectivity index (χ1n) is 9.60. The van der Waals surface area contributed by atoms with Crippen molar-refractivity contribution in [2.24, 2.45) is 5.92 Å². The number of anilines is 2. The van der Waals surface area contributed by atoms with Crippen molar-refractivity contribution in [3.63, 3.8) is 0 Å². The van der Waals surface area contributed by atoms with Gasteiger partial charge in [-0.3, -0.25) is 19.3 Å². The molecule has 1 N–H and O–H groups in total. The smallest absolute Gasteiger partial charge is 0.231 e. The lowest BCUT2D eigenvalue weighted by Gasteiger charge is -2.17. The Labute approximate surface area is 172 Å². The van der Waals surface area contributed by atoms with Gasteiger partial charge >= 0.3 is 0 Å². The van der Waals surface area contributed by atoms with Gasteiger partial charge in [0.1, 0.15) is 0 Å². The number of benzene rings is 1. The van der Waals surface area contributed by atoms with Gasteiger partial charge in [-0.2, -0.15) is 5.10 Å². The number of pyridine rings is 1. The minimum Gasteiger partial charge on any atom is -0.454 e. The Balaban J connectivity index is 1.22. The summed E-state index contributed by atoms with van der Waals surface area (Å²) in [6, 6.07) is 12.7. The van der Waals surface area contributed by atoms with Gasteiger partial charge in [-0.15, -0.1) is 0 Å². The zero-order valence-corrected chi connectivity index (χ0v) is 16.0. The summed E-state index contributed by atoms with van der Waals surface area (Å²) in [5.74, 6) is 0.922. The van der Waals surface area contributed by atoms with Crippen LogP contribution in [0.5, 0.6) is 11.5 Å². The lowest BCUT2D eigenvalue weighted by Crippen LogP contribution is -2.28. The summed E-state index contributed by atoms with van der Waals surface area (Å²) in [7, 11) is 0. The number of amides is 2. The molecule has 1 atom stereocenters. The van der Waals surface area contributed by atoms with Crippen LogP contribution in [0.25, 0.3) is 0 Å². The van der Waals surface area contributed by atoms with Crippen molar-refractivity contribution >= 4 is 23.3 Å². The predicted octanol–water partition coefficient (Wildman–Crippen LogP) is 2.05. The molecule has 9 nitrogen and oxygen atoms in total. The first kappa shape index (κ1) is 18.2. The summed E-state index contributed by atoms with van der Waals surface area (Å²) < 4.78 is 12.4. The molecule has 9 heteroatoms. The van der Waals surface area contributed by atoms with E-state index in [1.165, 1.54) is 0 Å². The minimum absolute atomic E-state index is 0.102. The van der Waals surface area contributed by atoms with Crippen LogP contribution in [0.3, 0.4) is 0 Å². The molecule has 0 radical (unpaired) electrons. The van der Waals surface area contributed by atoms with E-state index in [1.807, 2.05) is 18.2 Å². The van der Waals surface area contributed by atoms with Gasteiger partial charge in [-0.05, 0) is 24.3 Å². The third kappa shape index (κ3) is 3.57. The van der Waals surface area contributed by atoms with Crippen LogP contribution in [0.1, 0.15) is 12.1 Å². The van der Waals surface area contributed by atoms with Crippen LogP contribution in [0.4, 0.5) is 11.5 Å². The number of nitrogens with zero attached hydrogens (tertiary/aromatic N) is 4. The average molecular weight is 405 g/mol. The molecule has 0 spiro atoms. The van der Waals surface area contributed by atoms with E-state index in [0.29, 0.717) is 36.1 Å². The number of ether oxygens (including phenoxy) is 2. The monoisotopic (exact) mass is 405 g/mol. The van der Waals surface area contributed by atoms with Crippen LogP contribution in [-0.2, 0) is 16.1 Å². The van der Waals surface area contributed by atoms with E-state index < -0.39 is 5.92 Å². The summed E-state index contributed by atoms with van der Waals surface area (Å²) in [5, 5.41) is 7.18. The zero-order valence-electron chi connectivity index (χ0n) is 16.0. The van der Waals surface area contributed by atoms with Crippen LogP contribution in [0.2, 0.25) is 0 Å². The van der Waals surface area contributed by atoms with Crippen molar-refractivity contribution in [1.82, 2.24) is 14.8 Å². The third-order valence-corrected chi connectivity index (χ3v) is 5.11. The minimum atomic E-state index is -0.455. The number of fused-ring (bicyclic) bond motifs is 1. The maximum Gasteiger partial charge on any atom is 0.231 e. The molecule has 0 aliphatic carbocycles. The largest absolute Gasteiger partial charge is 0.454 e. The summed E-state index contributed by atoms with van der Waals surface area (Å²) >= 11 is 0. The van der Waals surface area contributed by atoms with Crippen molar-refractivity contribution in [1.29, 1.82) is 0 Å². The van der Waals surface area contributed by atoms with Crippen molar-refractivity contribution in [3.05, 3.63) is 60.6 Å². The second kappa shape index (κ2) is 7.51. The number of carbonyl (C=O) groups is 2. The van der Waals surface area contributed by atoms with Crippen molar-refractivity contribution < 1.29 is 19.1 Å². The predicted molar refractivity (Wildman–Crippen MR) is 107 cm³/mol. The zero-order chi connectivity index (χ0) is 20.5. The Hall–Kier alpha value is -3.88. The van der Waals surface area contributed by atoms with Gasteiger partial charge in [0, 0.05) is 43.2 Å². The molecule has 2 aliphatic rings. The van der Waals surface area contributed by atoms with Gasteiger partial charge in [0.25, 0.3) is 0 Å². The maximum absolute atomic E-state index is 12.7. The molecule has 5 rings (SSSR count). The third-order valence-electron chi connectivity index (χ3n) is 5.11. The fraction of sp³-hybridized carbons (Fsp3) is 0.238. The van der Waals surface area contributed by atoms with E-state index in [0.717, 1.165) is 5.69 Å². The Morgan fingerprint density at radius 3 is 2.93 bits per heavy atom. The first-order chi connectivity index (χ1) is 14.7. The quantitative estimate of drug-likeness (QED) is 0.698. The molecule has 152 valence electrons. The molecular weight excluding hydrogens is 386 g/mol. The Bertz CT molecular complexity index is 1100. The average Bonchev–Trinajstić information content (AvgIpc) is 3.48. The van der Waals surface area contributed by atoms with Crippen LogP contribution in [-0.4, -0.2) is 39.9 Å². The van der Waals surface area contributed by atoms with Gasteiger partial charge in [0.05, 0.1) is 18.2 Å². The highest BCUT2D eigenvalue weighted by Crippen LogP contribution is 2.37. The van der Waals surface area contributed by atoms with E-state index in [2.05, 4.69) is 15.4 Å². The lowest BCUT2D eigenvalue weighted by molar-refractivity contribution is -0.122. The van der Waals surface area contributed by atoms with Crippen LogP contribution >= 0.6 is 0 Å². The SMILES string of the molecule is O=C(Nc1ccn(Cc2ccccn2)n1)C1CC(=O)N(c2ccc3c(c2)OCO3)C1. The molecule has 0 bridgehead atoms. The number of hydrogen-bond donors (Lipinski definition) is 1. The highest BCUT2D eigenvalue weighted by Gasteiger charge is 2.36. The second-order valence-corrected chi connectivity index (χ2v) is 7.15. The molecule has 2 aromatic heterocycles. The normalized spacial score (nSPS) is 17.4. The molecule has 1 fully saturated rings. The van der Waals surface area contributed by atoms with Crippen molar-refractivity contribution in [2.75, 3.05) is 23.6 Å². The van der Waals surface area contributed by atoms with E-state index in [4.69, 9.17) is 9.47 Å². The molecule has 3 aromatic rings. The van der Waals surface area contributed by atoms with Crippen molar-refractivity contribution in [3.8, 4) is 11.5 Å². The van der Waals surface area contributed by atoms with E-state index in [-0.39, 0.29) is 25.0 Å². The summed E-state index contributed by atoms with van der Waals surface area (Å²) in [6.07, 6.45) is 3.66. The van der Waals surface area contributed by atoms with Crippen LogP contribution < -0.4 is 19.7 Å². The number of rotatable bonds is 5. The van der Waals surface area contributed by atoms with E-state index in [9.17, 15) is 9.59 Å². The van der Waals surface area contributed by atoms with Crippen LogP contribution in [0, 0.1) is 5.92 Å². The molecule has 2 amide bonds. The molecule has 4 heterocycles. The number of hydrogen-bond acceptors (Lipinski definition) is 6. The molecule has 30 heavy (non-hydrogen) atoms. The number of carbonyl (C=O) groups excluding carboxylic acids is 2.